The molecule has 7 nitrogen and oxygen atoms in total. The average molecular weight is 355 g/mol. The summed E-state index contributed by atoms with van der Waals surface area (Å²) in [6.45, 7) is 0. The molecule has 1 aromatic heterocycles. The molecule has 10 heteroatoms. The highest BCUT2D eigenvalue weighted by Crippen LogP contribution is 2.29. The summed E-state index contributed by atoms with van der Waals surface area (Å²) in [5.74, 6) is -0.0471. The Morgan fingerprint density at radius 3 is 1.35 bits per heavy atom. The predicted octanol–water partition coefficient (Wildman–Crippen LogP) is 5.50. The van der Waals surface area contributed by atoms with E-state index in [4.69, 9.17) is 0 Å². The largest absolute Gasteiger partial charge is 0.680 e. The van der Waals surface area contributed by atoms with Crippen molar-refractivity contribution < 1.29 is 18.8 Å². The Bertz CT molecular complexity index is 867. The van der Waals surface area contributed by atoms with E-state index in [-0.39, 0.29) is 23.1 Å². The van der Waals surface area contributed by atoms with E-state index in [1.54, 1.807) is 0 Å². The van der Waals surface area contributed by atoms with E-state index in [9.17, 15) is 18.8 Å². The van der Waals surface area contributed by atoms with Gasteiger partial charge in [0, 0.05) is 0 Å². The lowest BCUT2D eigenvalue weighted by Crippen LogP contribution is -2.11. The molecule has 0 radical (unpaired) electrons. The Hall–Kier alpha value is -3.56. The molecule has 0 unspecified atom stereocenters. The summed E-state index contributed by atoms with van der Waals surface area (Å²) in [5, 5.41) is 33.8. The van der Waals surface area contributed by atoms with Gasteiger partial charge in [0.2, 0.25) is 0 Å². The molecule has 2 aromatic carbocycles. The number of rotatable bonds is 5. The number of nitrogens with zero attached hydrogens (tertiary/aromatic N) is 5. The highest BCUT2D eigenvalue weighted by molar-refractivity contribution is 6.42. The van der Waals surface area contributed by atoms with Crippen molar-refractivity contribution in [2.75, 3.05) is 0 Å². The second kappa shape index (κ2) is 7.56. The molecular formula is C16H12BF2N5O2. The smallest absolute Gasteiger partial charge is 0.508 e. The number of hydrogen-bond donors (Lipinski definition) is 2. The number of azo groups is 2. The van der Waals surface area contributed by atoms with Gasteiger partial charge in [0.1, 0.15) is 23.1 Å². The van der Waals surface area contributed by atoms with Crippen molar-refractivity contribution in [3.8, 4) is 11.5 Å². The van der Waals surface area contributed by atoms with Crippen molar-refractivity contribution in [1.82, 2.24) is 4.48 Å². The van der Waals surface area contributed by atoms with Gasteiger partial charge in [-0.1, -0.05) is 0 Å². The first kappa shape index (κ1) is 17.3. The molecule has 26 heavy (non-hydrogen) atoms. The lowest BCUT2D eigenvalue weighted by Gasteiger charge is -2.02. The molecule has 0 fully saturated rings. The standard InChI is InChI=1S/C16H12BF2N5O2/c18-17(19)24-15(22-20-11-1-5-13(25)6-2-11)9-10-16(24)23-21-12-3-7-14(26)8-4-12/h1-10,25-26H. The van der Waals surface area contributed by atoms with Crippen LogP contribution in [0.1, 0.15) is 0 Å². The third kappa shape index (κ3) is 4.10. The quantitative estimate of drug-likeness (QED) is 0.467. The molecule has 0 spiro atoms. The van der Waals surface area contributed by atoms with Crippen LogP contribution in [0.3, 0.4) is 0 Å². The Kier molecular flexibility index (Phi) is 5.02. The van der Waals surface area contributed by atoms with Gasteiger partial charge in [-0.25, -0.2) is 0 Å². The van der Waals surface area contributed by atoms with E-state index >= 15 is 0 Å². The summed E-state index contributed by atoms with van der Waals surface area (Å²) in [6.07, 6.45) is 0. The second-order valence-corrected chi connectivity index (χ2v) is 5.13. The van der Waals surface area contributed by atoms with Crippen LogP contribution >= 0.6 is 0 Å². The zero-order valence-electron chi connectivity index (χ0n) is 13.2. The number of hydrogen-bond acceptors (Lipinski definition) is 6. The molecule has 130 valence electrons. The molecule has 1 heterocycles. The maximum Gasteiger partial charge on any atom is 0.680 e. The van der Waals surface area contributed by atoms with Gasteiger partial charge in [0.15, 0.2) is 0 Å². The zero-order chi connectivity index (χ0) is 18.5. The highest BCUT2D eigenvalue weighted by atomic mass is 19.2. The predicted molar refractivity (Wildman–Crippen MR) is 92.4 cm³/mol. The van der Waals surface area contributed by atoms with Crippen LogP contribution in [0, 0.1) is 0 Å². The van der Waals surface area contributed by atoms with Gasteiger partial charge < -0.3 is 10.2 Å². The zero-order valence-corrected chi connectivity index (χ0v) is 13.2. The maximum atomic E-state index is 13.4. The fourth-order valence-electron chi connectivity index (χ4n) is 2.05. The summed E-state index contributed by atoms with van der Waals surface area (Å²) in [7, 11) is -2.88. The molecule has 0 saturated carbocycles. The number of phenolic OH excluding ortho intramolecular Hbond substituents is 2. The normalized spacial score (nSPS) is 11.5. The third-order valence-corrected chi connectivity index (χ3v) is 3.31. The summed E-state index contributed by atoms with van der Waals surface area (Å²) >= 11 is 0. The van der Waals surface area contributed by atoms with Crippen LogP contribution in [0.15, 0.2) is 81.1 Å². The van der Waals surface area contributed by atoms with Crippen molar-refractivity contribution >= 4 is 30.4 Å². The van der Waals surface area contributed by atoms with E-state index in [0.717, 1.165) is 0 Å². The van der Waals surface area contributed by atoms with Crippen LogP contribution in [0.25, 0.3) is 0 Å². The minimum absolute atomic E-state index is 0.0665. The SMILES string of the molecule is Oc1ccc(N=Nc2ccc(N=Nc3ccc(O)cc3)n2B(F)F)cc1. The highest BCUT2D eigenvalue weighted by Gasteiger charge is 2.24. The minimum Gasteiger partial charge on any atom is -0.508 e. The summed E-state index contributed by atoms with van der Waals surface area (Å²) in [5.41, 5.74) is 0.800. The number of aromatic nitrogens is 1. The van der Waals surface area contributed by atoms with E-state index < -0.39 is 7.40 Å². The van der Waals surface area contributed by atoms with Crippen LogP contribution in [-0.2, 0) is 0 Å². The molecule has 0 aliphatic carbocycles. The molecule has 0 aliphatic heterocycles. The molecule has 0 atom stereocenters. The molecule has 0 amide bonds. The lowest BCUT2D eigenvalue weighted by molar-refractivity contribution is 0.475. The first-order chi connectivity index (χ1) is 12.5. The monoisotopic (exact) mass is 355 g/mol. The Morgan fingerprint density at radius 2 is 1.00 bits per heavy atom. The average Bonchev–Trinajstić information content (AvgIpc) is 3.04. The van der Waals surface area contributed by atoms with Crippen molar-refractivity contribution in [3.63, 3.8) is 0 Å². The third-order valence-electron chi connectivity index (χ3n) is 3.31. The van der Waals surface area contributed by atoms with Gasteiger partial charge >= 0.3 is 7.40 Å². The molecule has 3 rings (SSSR count). The van der Waals surface area contributed by atoms with Crippen LogP contribution in [-0.4, -0.2) is 22.1 Å². The van der Waals surface area contributed by atoms with Gasteiger partial charge in [-0.3, -0.25) is 13.1 Å². The fourth-order valence-corrected chi connectivity index (χ4v) is 2.05. The lowest BCUT2D eigenvalue weighted by atomic mass is 10.2. The Labute approximate surface area is 147 Å². The summed E-state index contributed by atoms with van der Waals surface area (Å²) < 4.78 is 27.3. The van der Waals surface area contributed by atoms with Crippen molar-refractivity contribution in [2.24, 2.45) is 20.5 Å². The van der Waals surface area contributed by atoms with Crippen molar-refractivity contribution in [1.29, 1.82) is 0 Å². The van der Waals surface area contributed by atoms with Crippen molar-refractivity contribution in [3.05, 3.63) is 60.7 Å². The molecule has 0 bridgehead atoms. The Morgan fingerprint density at radius 1 is 0.615 bits per heavy atom. The Balaban J connectivity index is 1.86. The number of benzene rings is 2. The number of phenols is 2. The van der Waals surface area contributed by atoms with Gasteiger partial charge in [0.25, 0.3) is 0 Å². The molecule has 0 aliphatic rings. The van der Waals surface area contributed by atoms with E-state index in [1.807, 2.05) is 0 Å². The van der Waals surface area contributed by atoms with E-state index in [1.165, 1.54) is 60.7 Å². The van der Waals surface area contributed by atoms with Crippen LogP contribution in [0.4, 0.5) is 31.6 Å². The van der Waals surface area contributed by atoms with Gasteiger partial charge in [-0.15, -0.1) is 20.5 Å². The van der Waals surface area contributed by atoms with E-state index in [2.05, 4.69) is 20.5 Å². The summed E-state index contributed by atoms with van der Waals surface area (Å²) in [4.78, 5) is 0. The number of halogens is 2. The molecular weight excluding hydrogens is 343 g/mol. The first-order valence-corrected chi connectivity index (χ1v) is 7.44. The van der Waals surface area contributed by atoms with Gasteiger partial charge in [0.05, 0.1) is 11.4 Å². The van der Waals surface area contributed by atoms with Crippen LogP contribution in [0.2, 0.25) is 0 Å². The van der Waals surface area contributed by atoms with Gasteiger partial charge in [-0.2, -0.15) is 0 Å². The van der Waals surface area contributed by atoms with Gasteiger partial charge in [-0.05, 0) is 60.7 Å². The molecule has 2 N–H and O–H groups in total. The van der Waals surface area contributed by atoms with Crippen LogP contribution in [0.5, 0.6) is 11.5 Å². The number of aromatic hydroxyl groups is 2. The summed E-state index contributed by atoms with van der Waals surface area (Å²) in [6, 6.07) is 14.4. The topological polar surface area (TPSA) is 94.8 Å². The van der Waals surface area contributed by atoms with Crippen molar-refractivity contribution in [2.45, 2.75) is 0 Å². The molecule has 3 aromatic rings. The minimum atomic E-state index is -2.88. The maximum absolute atomic E-state index is 13.4. The second-order valence-electron chi connectivity index (χ2n) is 5.13. The molecule has 0 saturated heterocycles. The van der Waals surface area contributed by atoms with Crippen LogP contribution < -0.4 is 0 Å². The van der Waals surface area contributed by atoms with E-state index in [0.29, 0.717) is 15.9 Å². The first-order valence-electron chi connectivity index (χ1n) is 7.44. The fraction of sp³-hybridized carbons (Fsp3) is 0.